The first-order valence-corrected chi connectivity index (χ1v) is 5.03. The lowest BCUT2D eigenvalue weighted by Gasteiger charge is -2.22. The van der Waals surface area contributed by atoms with Crippen LogP contribution in [0.15, 0.2) is 12.3 Å². The number of hydrogen-bond acceptors (Lipinski definition) is 3. The van der Waals surface area contributed by atoms with Crippen molar-refractivity contribution in [3.63, 3.8) is 0 Å². The number of nitrogen functional groups attached to an aromatic ring is 1. The number of nitrogens with two attached hydrogens (primary N) is 1. The number of carbonyl (C=O) groups is 1. The maximum atomic E-state index is 12.0. The minimum Gasteiger partial charge on any atom is -0.397 e. The third-order valence-electron chi connectivity index (χ3n) is 2.61. The van der Waals surface area contributed by atoms with Crippen molar-refractivity contribution in [1.82, 2.24) is 9.47 Å². The zero-order valence-corrected chi connectivity index (χ0v) is 9.77. The Morgan fingerprint density at radius 3 is 2.81 bits per heavy atom. The van der Waals surface area contributed by atoms with Gasteiger partial charge in [0.25, 0.3) is 5.91 Å². The lowest BCUT2D eigenvalue weighted by Crippen LogP contribution is -2.35. The van der Waals surface area contributed by atoms with Crippen LogP contribution in [-0.4, -0.2) is 28.5 Å². The molecule has 1 aromatic rings. The van der Waals surface area contributed by atoms with E-state index in [2.05, 4.69) is 0 Å². The molecule has 0 fully saturated rings. The highest BCUT2D eigenvalue weighted by atomic mass is 16.2. The van der Waals surface area contributed by atoms with Crippen molar-refractivity contribution >= 4 is 11.6 Å². The molecule has 0 bridgehead atoms. The first kappa shape index (κ1) is 12.1. The van der Waals surface area contributed by atoms with Gasteiger partial charge in [0.05, 0.1) is 18.2 Å². The summed E-state index contributed by atoms with van der Waals surface area (Å²) in [5.41, 5.74) is 6.70. The normalized spacial score (nSPS) is 11.9. The molecule has 0 aromatic carbocycles. The summed E-state index contributed by atoms with van der Waals surface area (Å²) in [6, 6.07) is 3.58. The molecule has 5 nitrogen and oxygen atoms in total. The van der Waals surface area contributed by atoms with Crippen LogP contribution in [0, 0.1) is 11.3 Å². The van der Waals surface area contributed by atoms with Gasteiger partial charge in [-0.15, -0.1) is 0 Å². The van der Waals surface area contributed by atoms with Crippen molar-refractivity contribution in [1.29, 1.82) is 5.26 Å². The van der Waals surface area contributed by atoms with Gasteiger partial charge in [0.2, 0.25) is 0 Å². The van der Waals surface area contributed by atoms with Crippen molar-refractivity contribution in [3.8, 4) is 6.07 Å². The molecule has 16 heavy (non-hydrogen) atoms. The number of anilines is 1. The number of aryl methyl sites for hydroxylation is 1. The summed E-state index contributed by atoms with van der Waals surface area (Å²) in [5.74, 6) is -0.123. The van der Waals surface area contributed by atoms with Gasteiger partial charge in [0.15, 0.2) is 0 Å². The van der Waals surface area contributed by atoms with E-state index >= 15 is 0 Å². The summed E-state index contributed by atoms with van der Waals surface area (Å²) in [6.07, 6.45) is 2.01. The Balaban J connectivity index is 2.86. The number of hydrogen-bond donors (Lipinski definition) is 1. The van der Waals surface area contributed by atoms with E-state index in [4.69, 9.17) is 11.0 Å². The standard InChI is InChI=1S/C11H16N4O/c1-8(4-5-12)15(3)11(16)10-6-9(13)7-14(10)2/h6-8H,4,13H2,1-3H3. The monoisotopic (exact) mass is 220 g/mol. The van der Waals surface area contributed by atoms with Gasteiger partial charge in [0, 0.05) is 26.3 Å². The van der Waals surface area contributed by atoms with Gasteiger partial charge in [-0.05, 0) is 13.0 Å². The van der Waals surface area contributed by atoms with Crippen LogP contribution in [0.2, 0.25) is 0 Å². The first-order valence-electron chi connectivity index (χ1n) is 5.03. The SMILES string of the molecule is CC(CC#N)N(C)C(=O)c1cc(N)cn1C. The van der Waals surface area contributed by atoms with Crippen molar-refractivity contribution in [2.24, 2.45) is 7.05 Å². The predicted octanol–water partition coefficient (Wildman–Crippen LogP) is 0.981. The second-order valence-electron chi connectivity index (χ2n) is 3.90. The maximum Gasteiger partial charge on any atom is 0.270 e. The molecule has 86 valence electrons. The van der Waals surface area contributed by atoms with Crippen LogP contribution < -0.4 is 5.73 Å². The summed E-state index contributed by atoms with van der Waals surface area (Å²) >= 11 is 0. The average Bonchev–Trinajstić information content (AvgIpc) is 2.56. The molecule has 0 saturated heterocycles. The molecule has 0 aliphatic carbocycles. The summed E-state index contributed by atoms with van der Waals surface area (Å²) in [7, 11) is 3.46. The highest BCUT2D eigenvalue weighted by Crippen LogP contribution is 2.13. The Morgan fingerprint density at radius 1 is 1.75 bits per heavy atom. The van der Waals surface area contributed by atoms with Crippen LogP contribution in [0.4, 0.5) is 5.69 Å². The van der Waals surface area contributed by atoms with Gasteiger partial charge in [-0.1, -0.05) is 0 Å². The largest absolute Gasteiger partial charge is 0.397 e. The first-order chi connectivity index (χ1) is 7.47. The van der Waals surface area contributed by atoms with Crippen molar-refractivity contribution in [3.05, 3.63) is 18.0 Å². The molecule has 0 radical (unpaired) electrons. The van der Waals surface area contributed by atoms with E-state index in [9.17, 15) is 4.79 Å². The van der Waals surface area contributed by atoms with Crippen molar-refractivity contribution in [2.45, 2.75) is 19.4 Å². The van der Waals surface area contributed by atoms with Crippen LogP contribution in [0.3, 0.4) is 0 Å². The van der Waals surface area contributed by atoms with Gasteiger partial charge in [0.1, 0.15) is 5.69 Å². The van der Waals surface area contributed by atoms with Gasteiger partial charge in [-0.2, -0.15) is 5.26 Å². The smallest absolute Gasteiger partial charge is 0.270 e. The topological polar surface area (TPSA) is 75.1 Å². The summed E-state index contributed by atoms with van der Waals surface area (Å²) < 4.78 is 1.69. The quantitative estimate of drug-likeness (QED) is 0.825. The zero-order valence-electron chi connectivity index (χ0n) is 9.77. The summed E-state index contributed by atoms with van der Waals surface area (Å²) in [4.78, 5) is 13.6. The third-order valence-corrected chi connectivity index (χ3v) is 2.61. The van der Waals surface area contributed by atoms with E-state index < -0.39 is 0 Å². The second kappa shape index (κ2) is 4.71. The van der Waals surface area contributed by atoms with Crippen molar-refractivity contribution in [2.75, 3.05) is 12.8 Å². The molecule has 1 amide bonds. The molecule has 1 atom stereocenters. The molecule has 0 spiro atoms. The molecule has 2 N–H and O–H groups in total. The molecular weight excluding hydrogens is 204 g/mol. The van der Waals surface area contributed by atoms with E-state index in [0.29, 0.717) is 17.8 Å². The molecule has 1 rings (SSSR count). The summed E-state index contributed by atoms with van der Waals surface area (Å²) in [5, 5.41) is 8.58. The molecule has 1 aromatic heterocycles. The zero-order chi connectivity index (χ0) is 12.3. The van der Waals surface area contributed by atoms with Crippen LogP contribution in [0.25, 0.3) is 0 Å². The maximum absolute atomic E-state index is 12.0. The Morgan fingerprint density at radius 2 is 2.38 bits per heavy atom. The molecule has 1 heterocycles. The van der Waals surface area contributed by atoms with E-state index in [1.165, 1.54) is 0 Å². The lowest BCUT2D eigenvalue weighted by atomic mass is 10.2. The number of amides is 1. The fourth-order valence-corrected chi connectivity index (χ4v) is 1.45. The number of carbonyl (C=O) groups excluding carboxylic acids is 1. The van der Waals surface area contributed by atoms with E-state index in [1.54, 1.807) is 35.8 Å². The molecular formula is C11H16N4O. The van der Waals surface area contributed by atoms with Crippen LogP contribution in [0.5, 0.6) is 0 Å². The minimum absolute atomic E-state index is 0.103. The molecule has 0 aliphatic heterocycles. The Hall–Kier alpha value is -1.96. The van der Waals surface area contributed by atoms with Crippen LogP contribution in [0.1, 0.15) is 23.8 Å². The number of rotatable bonds is 3. The lowest BCUT2D eigenvalue weighted by molar-refractivity contribution is 0.0736. The van der Waals surface area contributed by atoms with Crippen molar-refractivity contribution < 1.29 is 4.79 Å². The van der Waals surface area contributed by atoms with Crippen LogP contribution >= 0.6 is 0 Å². The molecule has 0 saturated carbocycles. The number of nitrogens with zero attached hydrogens (tertiary/aromatic N) is 3. The molecule has 1 unspecified atom stereocenters. The van der Waals surface area contributed by atoms with E-state index in [-0.39, 0.29) is 11.9 Å². The van der Waals surface area contributed by atoms with E-state index in [0.717, 1.165) is 0 Å². The third kappa shape index (κ3) is 2.34. The Kier molecular flexibility index (Phi) is 3.56. The molecule has 0 aliphatic rings. The van der Waals surface area contributed by atoms with Gasteiger partial charge in [-0.3, -0.25) is 4.79 Å². The minimum atomic E-state index is -0.123. The number of aromatic nitrogens is 1. The second-order valence-corrected chi connectivity index (χ2v) is 3.90. The fraction of sp³-hybridized carbons (Fsp3) is 0.455. The fourth-order valence-electron chi connectivity index (χ4n) is 1.45. The predicted molar refractivity (Wildman–Crippen MR) is 61.6 cm³/mol. The summed E-state index contributed by atoms with van der Waals surface area (Å²) in [6.45, 7) is 1.84. The average molecular weight is 220 g/mol. The van der Waals surface area contributed by atoms with Crippen LogP contribution in [-0.2, 0) is 7.05 Å². The highest BCUT2D eigenvalue weighted by molar-refractivity contribution is 5.93. The van der Waals surface area contributed by atoms with Gasteiger partial charge >= 0.3 is 0 Å². The Labute approximate surface area is 95.1 Å². The number of nitriles is 1. The van der Waals surface area contributed by atoms with Gasteiger partial charge in [-0.25, -0.2) is 0 Å². The molecule has 5 heteroatoms. The Bertz CT molecular complexity index is 430. The highest BCUT2D eigenvalue weighted by Gasteiger charge is 2.19. The van der Waals surface area contributed by atoms with E-state index in [1.807, 2.05) is 13.0 Å². The van der Waals surface area contributed by atoms with Gasteiger partial charge < -0.3 is 15.2 Å².